The standard InChI is InChI=1S/C23H26N4/c1-2-16-9-17(14-24)11-19(10-16)20-12-18-3-6-26-15-22(18)23(13-20)27-21-4-7-25-8-5-21/h3,9-13,15,21,25-27H,2,4-8H2,1H3. The predicted octanol–water partition coefficient (Wildman–Crippen LogP) is 2.07. The van der Waals surface area contributed by atoms with E-state index in [1.807, 2.05) is 12.1 Å². The number of fused-ring (bicyclic) bond motifs is 1. The van der Waals surface area contributed by atoms with Crippen LogP contribution in [0.3, 0.4) is 0 Å². The number of nitrogens with zero attached hydrogens (tertiary/aromatic N) is 1. The zero-order valence-corrected chi connectivity index (χ0v) is 15.8. The van der Waals surface area contributed by atoms with Crippen molar-refractivity contribution in [2.45, 2.75) is 32.2 Å². The lowest BCUT2D eigenvalue weighted by molar-refractivity contribution is 0.479. The number of nitrogens with one attached hydrogen (secondary N) is 3. The molecule has 2 heterocycles. The number of hydrogen-bond donors (Lipinski definition) is 3. The highest BCUT2D eigenvalue weighted by molar-refractivity contribution is 5.72. The van der Waals surface area contributed by atoms with Crippen molar-refractivity contribution in [2.24, 2.45) is 0 Å². The fourth-order valence-corrected chi connectivity index (χ4v) is 3.94. The van der Waals surface area contributed by atoms with Crippen LogP contribution in [-0.4, -0.2) is 25.7 Å². The Balaban J connectivity index is 1.81. The van der Waals surface area contributed by atoms with Crippen LogP contribution in [0, 0.1) is 11.3 Å². The molecule has 0 bridgehead atoms. The fraction of sp³-hybridized carbons (Fsp3) is 0.348. The summed E-state index contributed by atoms with van der Waals surface area (Å²) in [5.74, 6) is 0. The molecule has 3 N–H and O–H groups in total. The topological polar surface area (TPSA) is 59.9 Å². The molecule has 0 aromatic heterocycles. The molecular weight excluding hydrogens is 332 g/mol. The summed E-state index contributed by atoms with van der Waals surface area (Å²) >= 11 is 0. The number of hydrogen-bond acceptors (Lipinski definition) is 4. The van der Waals surface area contributed by atoms with Gasteiger partial charge in [-0.3, -0.25) is 0 Å². The third-order valence-corrected chi connectivity index (χ3v) is 5.46. The van der Waals surface area contributed by atoms with Gasteiger partial charge in [0.25, 0.3) is 0 Å². The second-order valence-corrected chi connectivity index (χ2v) is 7.34. The van der Waals surface area contributed by atoms with E-state index in [9.17, 15) is 5.26 Å². The Kier molecular flexibility index (Phi) is 5.13. The molecule has 4 rings (SSSR count). The Hall–Kier alpha value is -2.77. The number of rotatable bonds is 4. The van der Waals surface area contributed by atoms with Gasteiger partial charge in [-0.2, -0.15) is 5.26 Å². The molecule has 0 unspecified atom stereocenters. The zero-order chi connectivity index (χ0) is 18.6. The molecule has 138 valence electrons. The maximum Gasteiger partial charge on any atom is 0.0991 e. The molecular formula is C23H26N4. The van der Waals surface area contributed by atoms with Gasteiger partial charge in [-0.25, -0.2) is 0 Å². The normalized spacial score (nSPS) is 16.3. The van der Waals surface area contributed by atoms with Gasteiger partial charge in [0.05, 0.1) is 11.6 Å². The summed E-state index contributed by atoms with van der Waals surface area (Å²) in [7, 11) is 0. The van der Waals surface area contributed by atoms with Gasteiger partial charge >= 0.3 is 0 Å². The minimum atomic E-state index is 0.498. The van der Waals surface area contributed by atoms with Gasteiger partial charge in [0.15, 0.2) is 0 Å². The molecule has 2 aromatic rings. The second-order valence-electron chi connectivity index (χ2n) is 7.34. The van der Waals surface area contributed by atoms with E-state index in [4.69, 9.17) is 0 Å². The van der Waals surface area contributed by atoms with Gasteiger partial charge in [-0.1, -0.05) is 19.1 Å². The van der Waals surface area contributed by atoms with Crippen molar-refractivity contribution >= 4 is 18.0 Å². The largest absolute Gasteiger partial charge is 0.387 e. The van der Waals surface area contributed by atoms with Gasteiger partial charge in [-0.15, -0.1) is 0 Å². The Morgan fingerprint density at radius 1 is 1.11 bits per heavy atom. The molecule has 4 nitrogen and oxygen atoms in total. The van der Waals surface area contributed by atoms with E-state index in [1.54, 1.807) is 0 Å². The molecule has 0 saturated carbocycles. The number of aryl methyl sites for hydroxylation is 1. The first-order valence-corrected chi connectivity index (χ1v) is 9.86. The van der Waals surface area contributed by atoms with Crippen LogP contribution in [0.15, 0.2) is 30.3 Å². The number of piperidine rings is 1. The van der Waals surface area contributed by atoms with E-state index in [0.717, 1.165) is 50.0 Å². The van der Waals surface area contributed by atoms with E-state index in [-0.39, 0.29) is 0 Å². The summed E-state index contributed by atoms with van der Waals surface area (Å²) < 4.78 is 0. The average molecular weight is 358 g/mol. The molecule has 0 radical (unpaired) electrons. The van der Waals surface area contributed by atoms with Crippen LogP contribution in [0.25, 0.3) is 23.4 Å². The quantitative estimate of drug-likeness (QED) is 0.783. The van der Waals surface area contributed by atoms with Crippen LogP contribution in [0.5, 0.6) is 0 Å². The third kappa shape index (κ3) is 3.84. The summed E-state index contributed by atoms with van der Waals surface area (Å²) in [5, 5.41) is 22.4. The molecule has 1 fully saturated rings. The lowest BCUT2D eigenvalue weighted by Gasteiger charge is -2.25. The molecule has 4 heteroatoms. The van der Waals surface area contributed by atoms with Crippen molar-refractivity contribution in [2.75, 3.05) is 25.0 Å². The second kappa shape index (κ2) is 7.85. The smallest absolute Gasteiger partial charge is 0.0991 e. The van der Waals surface area contributed by atoms with Crippen molar-refractivity contribution in [3.05, 3.63) is 51.9 Å². The monoisotopic (exact) mass is 358 g/mol. The summed E-state index contributed by atoms with van der Waals surface area (Å²) in [6.45, 7) is 5.11. The highest BCUT2D eigenvalue weighted by Crippen LogP contribution is 2.24. The van der Waals surface area contributed by atoms with E-state index >= 15 is 0 Å². The molecule has 2 aromatic carbocycles. The van der Waals surface area contributed by atoms with Crippen LogP contribution < -0.4 is 26.4 Å². The van der Waals surface area contributed by atoms with Gasteiger partial charge in [-0.05, 0) is 78.5 Å². The highest BCUT2D eigenvalue weighted by Gasteiger charge is 2.15. The third-order valence-electron chi connectivity index (χ3n) is 5.46. The molecule has 1 saturated heterocycles. The van der Waals surface area contributed by atoms with E-state index in [1.165, 1.54) is 27.3 Å². The van der Waals surface area contributed by atoms with Crippen LogP contribution in [0.2, 0.25) is 0 Å². The molecule has 2 aliphatic rings. The number of anilines is 1. The summed E-state index contributed by atoms with van der Waals surface area (Å²) in [5.41, 5.74) is 5.40. The lowest BCUT2D eigenvalue weighted by Crippen LogP contribution is -2.40. The summed E-state index contributed by atoms with van der Waals surface area (Å²) in [6.07, 6.45) is 7.56. The van der Waals surface area contributed by atoms with Crippen molar-refractivity contribution in [1.29, 1.82) is 5.26 Å². The molecule has 0 atom stereocenters. The molecule has 0 spiro atoms. The summed E-state index contributed by atoms with van der Waals surface area (Å²) in [4.78, 5) is 0. The first-order chi connectivity index (χ1) is 13.3. The van der Waals surface area contributed by atoms with E-state index < -0.39 is 0 Å². The van der Waals surface area contributed by atoms with Crippen LogP contribution in [0.4, 0.5) is 5.69 Å². The molecule has 27 heavy (non-hydrogen) atoms. The maximum atomic E-state index is 9.40. The minimum Gasteiger partial charge on any atom is -0.387 e. The van der Waals surface area contributed by atoms with Crippen molar-refractivity contribution in [1.82, 2.24) is 10.6 Å². The first kappa shape index (κ1) is 17.6. The van der Waals surface area contributed by atoms with Gasteiger partial charge in [0, 0.05) is 29.7 Å². The van der Waals surface area contributed by atoms with Crippen LogP contribution in [-0.2, 0) is 6.42 Å². The van der Waals surface area contributed by atoms with Gasteiger partial charge < -0.3 is 16.0 Å². The molecule has 0 aliphatic carbocycles. The minimum absolute atomic E-state index is 0.498. The summed E-state index contributed by atoms with van der Waals surface area (Å²) in [6, 6.07) is 13.5. The van der Waals surface area contributed by atoms with Gasteiger partial charge in [0.1, 0.15) is 0 Å². The van der Waals surface area contributed by atoms with Crippen molar-refractivity contribution in [3.63, 3.8) is 0 Å². The van der Waals surface area contributed by atoms with Crippen molar-refractivity contribution < 1.29 is 0 Å². The highest BCUT2D eigenvalue weighted by atomic mass is 15.0. The first-order valence-electron chi connectivity index (χ1n) is 9.86. The Morgan fingerprint density at radius 2 is 1.93 bits per heavy atom. The van der Waals surface area contributed by atoms with E-state index in [0.29, 0.717) is 6.04 Å². The maximum absolute atomic E-state index is 9.40. The Labute approximate surface area is 160 Å². The number of benzene rings is 2. The Bertz CT molecular complexity index is 994. The SMILES string of the molecule is CCc1cc(C#N)cc(-c2cc(NC3CCNCC3)c3c(c2)=CCNC=3)c1. The van der Waals surface area contributed by atoms with Gasteiger partial charge in [0.2, 0.25) is 0 Å². The zero-order valence-electron chi connectivity index (χ0n) is 15.8. The molecule has 0 amide bonds. The lowest BCUT2D eigenvalue weighted by atomic mass is 9.96. The predicted molar refractivity (Wildman–Crippen MR) is 112 cm³/mol. The fourth-order valence-electron chi connectivity index (χ4n) is 3.94. The molecule has 2 aliphatic heterocycles. The van der Waals surface area contributed by atoms with Crippen LogP contribution in [0.1, 0.15) is 30.9 Å². The average Bonchev–Trinajstić information content (AvgIpc) is 2.74. The number of nitriles is 1. The van der Waals surface area contributed by atoms with Crippen LogP contribution >= 0.6 is 0 Å². The van der Waals surface area contributed by atoms with Crippen molar-refractivity contribution in [3.8, 4) is 17.2 Å². The van der Waals surface area contributed by atoms with E-state index in [2.05, 4.69) is 59.4 Å². The Morgan fingerprint density at radius 3 is 2.70 bits per heavy atom.